The number of likely N-dealkylation sites (N-methyl/N-ethyl adjacent to an activating group) is 1. The molecule has 0 atom stereocenters. The summed E-state index contributed by atoms with van der Waals surface area (Å²) in [6, 6.07) is 10.4. The van der Waals surface area contributed by atoms with E-state index in [4.69, 9.17) is 0 Å². The second-order valence-corrected chi connectivity index (χ2v) is 6.69. The first-order valence-electron chi connectivity index (χ1n) is 8.62. The smallest absolute Gasteiger partial charge is 0.222 e. The molecule has 0 saturated carbocycles. The van der Waals surface area contributed by atoms with E-state index in [1.807, 2.05) is 16.5 Å². The van der Waals surface area contributed by atoms with E-state index in [0.29, 0.717) is 6.42 Å². The van der Waals surface area contributed by atoms with Crippen LogP contribution in [0, 0.1) is 13.8 Å². The number of carbonyl (C=O) groups excluding carboxylic acids is 1. The fourth-order valence-electron chi connectivity index (χ4n) is 3.16. The van der Waals surface area contributed by atoms with Crippen LogP contribution in [0.4, 0.5) is 0 Å². The van der Waals surface area contributed by atoms with E-state index >= 15 is 0 Å². The van der Waals surface area contributed by atoms with Crippen molar-refractivity contribution in [2.24, 2.45) is 0 Å². The topological polar surface area (TPSA) is 41.4 Å². The van der Waals surface area contributed by atoms with E-state index in [9.17, 15) is 4.79 Å². The summed E-state index contributed by atoms with van der Waals surface area (Å²) in [5.74, 6) is 0.269. The third kappa shape index (κ3) is 3.85. The Kier molecular flexibility index (Phi) is 5.00. The molecule has 1 amide bonds. The number of amides is 1. The van der Waals surface area contributed by atoms with Gasteiger partial charge >= 0.3 is 0 Å². The zero-order chi connectivity index (χ0) is 17.1. The number of carbonyl (C=O) groups is 1. The zero-order valence-corrected chi connectivity index (χ0v) is 14.8. The summed E-state index contributed by atoms with van der Waals surface area (Å²) in [4.78, 5) is 16.6. The van der Waals surface area contributed by atoms with Crippen LogP contribution in [-0.4, -0.2) is 58.7 Å². The van der Waals surface area contributed by atoms with Gasteiger partial charge in [0.2, 0.25) is 5.91 Å². The Hall–Kier alpha value is -2.14. The summed E-state index contributed by atoms with van der Waals surface area (Å²) < 4.78 is 1.95. The molecule has 0 aliphatic carbocycles. The van der Waals surface area contributed by atoms with E-state index in [1.54, 1.807) is 0 Å². The molecule has 2 aromatic rings. The first-order chi connectivity index (χ1) is 11.5. The Morgan fingerprint density at radius 1 is 1.08 bits per heavy atom. The third-order valence-corrected chi connectivity index (χ3v) is 4.67. The van der Waals surface area contributed by atoms with E-state index < -0.39 is 0 Å². The molecule has 0 radical (unpaired) electrons. The first-order valence-corrected chi connectivity index (χ1v) is 8.62. The second-order valence-electron chi connectivity index (χ2n) is 6.69. The number of aromatic nitrogens is 2. The van der Waals surface area contributed by atoms with Crippen molar-refractivity contribution >= 4 is 5.91 Å². The number of benzene rings is 1. The molecule has 1 aromatic carbocycles. The summed E-state index contributed by atoms with van der Waals surface area (Å²) >= 11 is 0. The normalized spacial score (nSPS) is 15.7. The fraction of sp³-hybridized carbons (Fsp3) is 0.474. The van der Waals surface area contributed by atoms with Crippen LogP contribution in [0.5, 0.6) is 0 Å². The largest absolute Gasteiger partial charge is 0.340 e. The predicted molar refractivity (Wildman–Crippen MR) is 95.4 cm³/mol. The van der Waals surface area contributed by atoms with Gasteiger partial charge in [-0.25, -0.2) is 4.68 Å². The Morgan fingerprint density at radius 3 is 2.33 bits per heavy atom. The van der Waals surface area contributed by atoms with E-state index in [2.05, 4.69) is 54.3 Å². The van der Waals surface area contributed by atoms with Crippen LogP contribution in [-0.2, 0) is 11.2 Å². The van der Waals surface area contributed by atoms with Crippen molar-refractivity contribution in [1.82, 2.24) is 19.6 Å². The average molecular weight is 326 g/mol. The second kappa shape index (κ2) is 7.18. The van der Waals surface area contributed by atoms with Gasteiger partial charge in [0.15, 0.2) is 0 Å². The highest BCUT2D eigenvalue weighted by Gasteiger charge is 2.18. The Morgan fingerprint density at radius 2 is 1.75 bits per heavy atom. The summed E-state index contributed by atoms with van der Waals surface area (Å²) in [6.07, 6.45) is 1.38. The molecule has 3 rings (SSSR count). The molecule has 1 fully saturated rings. The van der Waals surface area contributed by atoms with Crippen LogP contribution >= 0.6 is 0 Å². The lowest BCUT2D eigenvalue weighted by Crippen LogP contribution is -2.47. The molecule has 1 saturated heterocycles. The number of piperazine rings is 1. The van der Waals surface area contributed by atoms with Crippen molar-refractivity contribution in [2.45, 2.75) is 26.7 Å². The monoisotopic (exact) mass is 326 g/mol. The fourth-order valence-corrected chi connectivity index (χ4v) is 3.16. The first kappa shape index (κ1) is 16.7. The van der Waals surface area contributed by atoms with E-state index in [1.165, 1.54) is 5.56 Å². The lowest BCUT2D eigenvalue weighted by Gasteiger charge is -2.32. The van der Waals surface area contributed by atoms with Crippen molar-refractivity contribution < 1.29 is 4.79 Å². The van der Waals surface area contributed by atoms with Gasteiger partial charge in [-0.1, -0.05) is 12.1 Å². The van der Waals surface area contributed by atoms with Crippen LogP contribution in [0.2, 0.25) is 0 Å². The molecule has 1 aromatic heterocycles. The number of rotatable bonds is 4. The quantitative estimate of drug-likeness (QED) is 0.865. The Bertz CT molecular complexity index is 697. The lowest BCUT2D eigenvalue weighted by molar-refractivity contribution is -0.132. The summed E-state index contributed by atoms with van der Waals surface area (Å²) in [7, 11) is 2.10. The molecule has 24 heavy (non-hydrogen) atoms. The van der Waals surface area contributed by atoms with Gasteiger partial charge in [-0.2, -0.15) is 5.10 Å². The number of aryl methyl sites for hydroxylation is 3. The molecular formula is C19H26N4O. The molecule has 0 bridgehead atoms. The molecule has 0 spiro atoms. The van der Waals surface area contributed by atoms with Crippen LogP contribution in [0.1, 0.15) is 23.4 Å². The summed E-state index contributed by atoms with van der Waals surface area (Å²) in [5, 5.41) is 4.50. The number of hydrogen-bond donors (Lipinski definition) is 0. The highest BCUT2D eigenvalue weighted by atomic mass is 16.2. The van der Waals surface area contributed by atoms with Crippen LogP contribution in [0.15, 0.2) is 30.3 Å². The Labute approximate surface area is 143 Å². The maximum Gasteiger partial charge on any atom is 0.222 e. The van der Waals surface area contributed by atoms with Gasteiger partial charge in [0.1, 0.15) is 0 Å². The summed E-state index contributed by atoms with van der Waals surface area (Å²) in [5.41, 5.74) is 4.41. The minimum Gasteiger partial charge on any atom is -0.340 e. The minimum atomic E-state index is 0.269. The van der Waals surface area contributed by atoms with Gasteiger partial charge in [0, 0.05) is 38.3 Å². The van der Waals surface area contributed by atoms with E-state index in [-0.39, 0.29) is 5.91 Å². The van der Waals surface area contributed by atoms with Gasteiger partial charge in [-0.05, 0) is 51.1 Å². The van der Waals surface area contributed by atoms with Crippen molar-refractivity contribution in [1.29, 1.82) is 0 Å². The van der Waals surface area contributed by atoms with Gasteiger partial charge in [0.25, 0.3) is 0 Å². The van der Waals surface area contributed by atoms with Crippen molar-refractivity contribution in [3.63, 3.8) is 0 Å². The van der Waals surface area contributed by atoms with Gasteiger partial charge in [-0.15, -0.1) is 0 Å². The van der Waals surface area contributed by atoms with Crippen molar-refractivity contribution in [3.8, 4) is 5.69 Å². The minimum absolute atomic E-state index is 0.269. The zero-order valence-electron chi connectivity index (χ0n) is 14.8. The van der Waals surface area contributed by atoms with Crippen LogP contribution in [0.25, 0.3) is 5.69 Å². The molecule has 0 unspecified atom stereocenters. The third-order valence-electron chi connectivity index (χ3n) is 4.67. The SMILES string of the molecule is Cc1cc(C)n(-c2ccc(CCC(=O)N3CCN(C)CC3)cc2)n1. The van der Waals surface area contributed by atoms with E-state index in [0.717, 1.165) is 49.7 Å². The average Bonchev–Trinajstić information content (AvgIpc) is 2.92. The van der Waals surface area contributed by atoms with Gasteiger partial charge < -0.3 is 9.80 Å². The van der Waals surface area contributed by atoms with Crippen LogP contribution in [0.3, 0.4) is 0 Å². The number of hydrogen-bond acceptors (Lipinski definition) is 3. The molecule has 5 heteroatoms. The standard InChI is InChI=1S/C19H26N4O/c1-15-14-16(2)23(20-15)18-7-4-17(5-8-18)6-9-19(24)22-12-10-21(3)11-13-22/h4-5,7-8,14H,6,9-13H2,1-3H3. The maximum atomic E-state index is 12.3. The van der Waals surface area contributed by atoms with Crippen molar-refractivity contribution in [2.75, 3.05) is 33.2 Å². The molecule has 128 valence electrons. The number of nitrogens with zero attached hydrogens (tertiary/aromatic N) is 4. The predicted octanol–water partition coefficient (Wildman–Crippen LogP) is 2.20. The highest BCUT2D eigenvalue weighted by molar-refractivity contribution is 5.76. The molecule has 1 aliphatic heterocycles. The molecular weight excluding hydrogens is 300 g/mol. The summed E-state index contributed by atoms with van der Waals surface area (Å²) in [6.45, 7) is 7.72. The lowest BCUT2D eigenvalue weighted by atomic mass is 10.1. The maximum absolute atomic E-state index is 12.3. The van der Waals surface area contributed by atoms with Crippen molar-refractivity contribution in [3.05, 3.63) is 47.3 Å². The highest BCUT2D eigenvalue weighted by Crippen LogP contribution is 2.14. The van der Waals surface area contributed by atoms with Gasteiger partial charge in [0.05, 0.1) is 11.4 Å². The van der Waals surface area contributed by atoms with Crippen LogP contribution < -0.4 is 0 Å². The van der Waals surface area contributed by atoms with Gasteiger partial charge in [-0.3, -0.25) is 4.79 Å². The Balaban J connectivity index is 1.56. The molecule has 1 aliphatic rings. The molecule has 2 heterocycles. The molecule has 0 N–H and O–H groups in total. The molecule has 5 nitrogen and oxygen atoms in total.